The molecule has 0 aliphatic rings. The Labute approximate surface area is 200 Å². The number of carbonyl (C=O) groups is 1. The number of hydrogen-bond acceptors (Lipinski definition) is 6. The van der Waals surface area contributed by atoms with E-state index in [4.69, 9.17) is 15.2 Å². The first kappa shape index (κ1) is 23.5. The van der Waals surface area contributed by atoms with Gasteiger partial charge in [-0.25, -0.2) is 9.78 Å². The molecule has 4 rings (SSSR count). The maximum atomic E-state index is 11.8. The van der Waals surface area contributed by atoms with Crippen LogP contribution < -0.4 is 10.5 Å². The number of nitrogen functional groups attached to an aromatic ring is 1. The highest BCUT2D eigenvalue weighted by Crippen LogP contribution is 2.28. The molecule has 0 aliphatic heterocycles. The second kappa shape index (κ2) is 11.0. The number of nitrogens with two attached hydrogens (primary N) is 1. The number of aryl methyl sites for hydroxylation is 2. The minimum absolute atomic E-state index is 0.359. The zero-order valence-electron chi connectivity index (χ0n) is 19.8. The van der Waals surface area contributed by atoms with Gasteiger partial charge in [-0.3, -0.25) is 4.98 Å². The number of carbonyl (C=O) groups excluding carboxylic acids is 1. The molecule has 0 fully saturated rings. The summed E-state index contributed by atoms with van der Waals surface area (Å²) in [4.78, 5) is 21.0. The van der Waals surface area contributed by atoms with Gasteiger partial charge in [-0.1, -0.05) is 43.7 Å². The Morgan fingerprint density at radius 2 is 1.88 bits per heavy atom. The lowest BCUT2D eigenvalue weighted by atomic mass is 9.93. The molecule has 176 valence electrons. The van der Waals surface area contributed by atoms with Gasteiger partial charge in [0.25, 0.3) is 0 Å². The van der Waals surface area contributed by atoms with E-state index in [0.29, 0.717) is 24.1 Å². The predicted octanol–water partition coefficient (Wildman–Crippen LogP) is 6.63. The average molecular weight is 458 g/mol. The van der Waals surface area contributed by atoms with Crippen LogP contribution in [0.3, 0.4) is 0 Å². The fourth-order valence-electron chi connectivity index (χ4n) is 4.26. The quantitative estimate of drug-likeness (QED) is 0.131. The fourth-order valence-corrected chi connectivity index (χ4v) is 4.26. The Morgan fingerprint density at radius 3 is 2.68 bits per heavy atom. The number of anilines is 1. The Balaban J connectivity index is 1.31. The van der Waals surface area contributed by atoms with Crippen LogP contribution in [-0.4, -0.2) is 22.7 Å². The minimum atomic E-state index is -0.655. The number of fused-ring (bicyclic) bond motifs is 3. The van der Waals surface area contributed by atoms with Crippen molar-refractivity contribution in [1.29, 1.82) is 0 Å². The summed E-state index contributed by atoms with van der Waals surface area (Å²) in [5, 5.41) is 2.13. The standard InChI is InChI=1S/C28H31N3O3/c1-3-20(8-7-15-33-28(32)34-22-9-5-4-6-10-22)12-13-21-17-24-23-14-11-19(2)16-25(23)31-27(29)26(24)30-18-21/h4-6,9-11,14,16-18,20H,3,7-8,12-13,15H2,1-2H3,(H2,29,31). The molecular formula is C28H31N3O3. The van der Waals surface area contributed by atoms with Crippen LogP contribution in [0.2, 0.25) is 0 Å². The van der Waals surface area contributed by atoms with Crippen LogP contribution in [0.5, 0.6) is 5.75 Å². The summed E-state index contributed by atoms with van der Waals surface area (Å²) in [5.41, 5.74) is 10.2. The lowest BCUT2D eigenvalue weighted by molar-refractivity contribution is 0.0959. The van der Waals surface area contributed by atoms with Crippen LogP contribution in [0, 0.1) is 12.8 Å². The second-order valence-corrected chi connectivity index (χ2v) is 8.73. The molecular weight excluding hydrogens is 426 g/mol. The molecule has 1 atom stereocenters. The summed E-state index contributed by atoms with van der Waals surface area (Å²) in [6.45, 7) is 4.62. The predicted molar refractivity (Wildman–Crippen MR) is 136 cm³/mol. The Bertz CT molecular complexity index is 1270. The first-order valence-corrected chi connectivity index (χ1v) is 11.9. The number of benzene rings is 2. The molecule has 1 unspecified atom stereocenters. The van der Waals surface area contributed by atoms with Gasteiger partial charge >= 0.3 is 6.16 Å². The minimum Gasteiger partial charge on any atom is -0.434 e. The van der Waals surface area contributed by atoms with Crippen LogP contribution in [0.25, 0.3) is 21.8 Å². The summed E-state index contributed by atoms with van der Waals surface area (Å²) in [5.74, 6) is 1.51. The molecule has 0 aliphatic carbocycles. The maximum Gasteiger partial charge on any atom is 0.513 e. The molecule has 2 heterocycles. The number of para-hydroxylation sites is 1. The van der Waals surface area contributed by atoms with Crippen molar-refractivity contribution in [3.63, 3.8) is 0 Å². The zero-order chi connectivity index (χ0) is 23.9. The van der Waals surface area contributed by atoms with Crippen LogP contribution in [0.15, 0.2) is 60.8 Å². The molecule has 0 bridgehead atoms. The number of hydrogen-bond donors (Lipinski definition) is 1. The summed E-state index contributed by atoms with van der Waals surface area (Å²) in [6.07, 6.45) is 6.13. The van der Waals surface area contributed by atoms with Gasteiger partial charge < -0.3 is 15.2 Å². The van der Waals surface area contributed by atoms with Crippen molar-refractivity contribution in [2.24, 2.45) is 5.92 Å². The van der Waals surface area contributed by atoms with Crippen molar-refractivity contribution < 1.29 is 14.3 Å². The van der Waals surface area contributed by atoms with Gasteiger partial charge in [0.1, 0.15) is 11.3 Å². The van der Waals surface area contributed by atoms with E-state index in [2.05, 4.69) is 48.1 Å². The van der Waals surface area contributed by atoms with Gasteiger partial charge in [-0.05, 0) is 73.9 Å². The molecule has 6 heteroatoms. The molecule has 0 radical (unpaired) electrons. The summed E-state index contributed by atoms with van der Waals surface area (Å²) in [6, 6.07) is 17.4. The van der Waals surface area contributed by atoms with Gasteiger partial charge in [0.15, 0.2) is 5.82 Å². The number of rotatable bonds is 9. The van der Waals surface area contributed by atoms with Crippen LogP contribution in [-0.2, 0) is 11.2 Å². The number of ether oxygens (including phenoxy) is 2. The van der Waals surface area contributed by atoms with E-state index in [1.807, 2.05) is 24.4 Å². The molecule has 2 aromatic heterocycles. The van der Waals surface area contributed by atoms with Crippen molar-refractivity contribution >= 4 is 33.8 Å². The second-order valence-electron chi connectivity index (χ2n) is 8.73. The Kier molecular flexibility index (Phi) is 7.58. The summed E-state index contributed by atoms with van der Waals surface area (Å²) < 4.78 is 10.4. The molecule has 2 N–H and O–H groups in total. The van der Waals surface area contributed by atoms with Crippen molar-refractivity contribution in [2.45, 2.75) is 46.0 Å². The van der Waals surface area contributed by atoms with Crippen LogP contribution in [0.4, 0.5) is 10.6 Å². The molecule has 0 saturated carbocycles. The van der Waals surface area contributed by atoms with Crippen LogP contribution in [0.1, 0.15) is 43.7 Å². The molecule has 4 aromatic rings. The molecule has 0 amide bonds. The first-order chi connectivity index (χ1) is 16.5. The third kappa shape index (κ3) is 5.81. The monoisotopic (exact) mass is 457 g/mol. The van der Waals surface area contributed by atoms with Crippen molar-refractivity contribution in [3.05, 3.63) is 71.9 Å². The topological polar surface area (TPSA) is 87.3 Å². The largest absolute Gasteiger partial charge is 0.513 e. The van der Waals surface area contributed by atoms with E-state index in [1.54, 1.807) is 12.1 Å². The average Bonchev–Trinajstić information content (AvgIpc) is 2.84. The lowest BCUT2D eigenvalue weighted by Gasteiger charge is -2.15. The van der Waals surface area contributed by atoms with Gasteiger partial charge in [0.2, 0.25) is 0 Å². The highest BCUT2D eigenvalue weighted by molar-refractivity contribution is 6.08. The number of aromatic nitrogens is 2. The van der Waals surface area contributed by atoms with E-state index < -0.39 is 6.16 Å². The summed E-state index contributed by atoms with van der Waals surface area (Å²) in [7, 11) is 0. The maximum absolute atomic E-state index is 11.8. The molecule has 0 spiro atoms. The zero-order valence-corrected chi connectivity index (χ0v) is 19.8. The summed E-state index contributed by atoms with van der Waals surface area (Å²) >= 11 is 0. The van der Waals surface area contributed by atoms with Gasteiger partial charge in [0.05, 0.1) is 12.1 Å². The highest BCUT2D eigenvalue weighted by atomic mass is 16.7. The van der Waals surface area contributed by atoms with E-state index in [-0.39, 0.29) is 0 Å². The van der Waals surface area contributed by atoms with E-state index in [9.17, 15) is 4.79 Å². The number of nitrogens with zero attached hydrogens (tertiary/aromatic N) is 2. The molecule has 0 saturated heterocycles. The van der Waals surface area contributed by atoms with E-state index in [0.717, 1.165) is 59.5 Å². The lowest BCUT2D eigenvalue weighted by Crippen LogP contribution is -2.12. The molecule has 2 aromatic carbocycles. The van der Waals surface area contributed by atoms with Crippen LogP contribution >= 0.6 is 0 Å². The van der Waals surface area contributed by atoms with Crippen molar-refractivity contribution in [3.8, 4) is 5.75 Å². The van der Waals surface area contributed by atoms with Gasteiger partial charge in [-0.2, -0.15) is 0 Å². The Hall–Kier alpha value is -3.67. The smallest absolute Gasteiger partial charge is 0.434 e. The van der Waals surface area contributed by atoms with Crippen molar-refractivity contribution in [1.82, 2.24) is 9.97 Å². The highest BCUT2D eigenvalue weighted by Gasteiger charge is 2.12. The molecule has 34 heavy (non-hydrogen) atoms. The van der Waals surface area contributed by atoms with Crippen molar-refractivity contribution in [2.75, 3.05) is 12.3 Å². The number of pyridine rings is 2. The normalized spacial score (nSPS) is 12.1. The third-order valence-electron chi connectivity index (χ3n) is 6.21. The Morgan fingerprint density at radius 1 is 1.06 bits per heavy atom. The first-order valence-electron chi connectivity index (χ1n) is 11.9. The third-order valence-corrected chi connectivity index (χ3v) is 6.21. The van der Waals surface area contributed by atoms with E-state index >= 15 is 0 Å². The SMILES string of the molecule is CCC(CCCOC(=O)Oc1ccccc1)CCc1cnc2c(N)nc3cc(C)ccc3c2c1. The van der Waals surface area contributed by atoms with E-state index in [1.165, 1.54) is 5.56 Å². The fraction of sp³-hybridized carbons (Fsp3) is 0.321. The van der Waals surface area contributed by atoms with Gasteiger partial charge in [-0.15, -0.1) is 0 Å². The van der Waals surface area contributed by atoms with Gasteiger partial charge in [0, 0.05) is 17.0 Å². The molecule has 6 nitrogen and oxygen atoms in total.